The lowest BCUT2D eigenvalue weighted by atomic mass is 10.2. The summed E-state index contributed by atoms with van der Waals surface area (Å²) in [7, 11) is 0. The lowest BCUT2D eigenvalue weighted by Crippen LogP contribution is -2.52. The molecule has 9 nitrogen and oxygen atoms in total. The molecule has 0 unspecified atom stereocenters. The predicted molar refractivity (Wildman–Crippen MR) is 104 cm³/mol. The standard InChI is InChI=1S/C18H23N7O2/c1-2-19-17(22-14-15-4-6-16(7-5-15)25(26)27)23-10-12-24(13-11-23)18-20-8-3-9-21-18/h3-9H,2,10-14H2,1H3,(H,19,22). The number of aromatic nitrogens is 2. The Morgan fingerprint density at radius 3 is 2.44 bits per heavy atom. The van der Waals surface area contributed by atoms with E-state index in [1.807, 2.05) is 13.0 Å². The molecule has 9 heteroatoms. The van der Waals surface area contributed by atoms with Gasteiger partial charge in [0, 0.05) is 57.3 Å². The van der Waals surface area contributed by atoms with Crippen LogP contribution in [0.3, 0.4) is 0 Å². The van der Waals surface area contributed by atoms with Crippen molar-refractivity contribution in [3.63, 3.8) is 0 Å². The van der Waals surface area contributed by atoms with Crippen molar-refractivity contribution in [1.82, 2.24) is 20.2 Å². The number of guanidine groups is 1. The lowest BCUT2D eigenvalue weighted by molar-refractivity contribution is -0.384. The van der Waals surface area contributed by atoms with Crippen LogP contribution in [0.5, 0.6) is 0 Å². The Kier molecular flexibility index (Phi) is 6.14. The van der Waals surface area contributed by atoms with Gasteiger partial charge in [-0.15, -0.1) is 0 Å². The highest BCUT2D eigenvalue weighted by molar-refractivity contribution is 5.80. The predicted octanol–water partition coefficient (Wildman–Crippen LogP) is 1.67. The third-order valence-corrected chi connectivity index (χ3v) is 4.31. The van der Waals surface area contributed by atoms with Gasteiger partial charge in [-0.2, -0.15) is 0 Å². The zero-order valence-electron chi connectivity index (χ0n) is 15.3. The Labute approximate surface area is 157 Å². The molecular formula is C18H23N7O2. The first-order chi connectivity index (χ1) is 13.2. The molecule has 0 aliphatic carbocycles. The van der Waals surface area contributed by atoms with Crippen LogP contribution in [0.25, 0.3) is 0 Å². The number of piperazine rings is 1. The molecule has 3 rings (SSSR count). The first-order valence-corrected chi connectivity index (χ1v) is 8.96. The van der Waals surface area contributed by atoms with Gasteiger partial charge < -0.3 is 15.1 Å². The summed E-state index contributed by atoms with van der Waals surface area (Å²) in [5.74, 6) is 1.61. The molecule has 0 radical (unpaired) electrons. The summed E-state index contributed by atoms with van der Waals surface area (Å²) in [5, 5.41) is 14.1. The zero-order chi connectivity index (χ0) is 19.1. The van der Waals surface area contributed by atoms with Crippen LogP contribution in [0, 0.1) is 10.1 Å². The fourth-order valence-electron chi connectivity index (χ4n) is 2.89. The Hall–Kier alpha value is -3.23. The third kappa shape index (κ3) is 4.90. The Morgan fingerprint density at radius 1 is 1.19 bits per heavy atom. The van der Waals surface area contributed by atoms with E-state index in [9.17, 15) is 10.1 Å². The van der Waals surface area contributed by atoms with Crippen molar-refractivity contribution in [2.75, 3.05) is 37.6 Å². The fraction of sp³-hybridized carbons (Fsp3) is 0.389. The van der Waals surface area contributed by atoms with Crippen LogP contribution in [0.2, 0.25) is 0 Å². The summed E-state index contributed by atoms with van der Waals surface area (Å²) in [4.78, 5) is 28.0. The van der Waals surface area contributed by atoms with Crippen LogP contribution in [0.1, 0.15) is 12.5 Å². The van der Waals surface area contributed by atoms with Gasteiger partial charge in [-0.05, 0) is 18.6 Å². The van der Waals surface area contributed by atoms with Crippen LogP contribution < -0.4 is 10.2 Å². The van der Waals surface area contributed by atoms with Crippen molar-refractivity contribution in [2.45, 2.75) is 13.5 Å². The second-order valence-corrected chi connectivity index (χ2v) is 6.12. The van der Waals surface area contributed by atoms with Crippen molar-refractivity contribution < 1.29 is 4.92 Å². The molecule has 0 bridgehead atoms. The van der Waals surface area contributed by atoms with E-state index in [0.29, 0.717) is 6.54 Å². The maximum Gasteiger partial charge on any atom is 0.269 e. The number of hydrogen-bond donors (Lipinski definition) is 1. The van der Waals surface area contributed by atoms with Crippen LogP contribution in [-0.4, -0.2) is 58.5 Å². The molecular weight excluding hydrogens is 346 g/mol. The molecule has 1 aliphatic heterocycles. The largest absolute Gasteiger partial charge is 0.357 e. The molecule has 1 aromatic carbocycles. The molecule has 1 aliphatic rings. The minimum absolute atomic E-state index is 0.0916. The number of nitrogens with one attached hydrogen (secondary N) is 1. The number of nitro benzene ring substituents is 1. The molecule has 142 valence electrons. The van der Waals surface area contributed by atoms with Gasteiger partial charge in [-0.3, -0.25) is 10.1 Å². The summed E-state index contributed by atoms with van der Waals surface area (Å²) in [6, 6.07) is 8.33. The number of non-ortho nitro benzene ring substituents is 1. The number of nitro groups is 1. The van der Waals surface area contributed by atoms with E-state index in [2.05, 4.69) is 25.1 Å². The highest BCUT2D eigenvalue weighted by atomic mass is 16.6. The molecule has 0 saturated carbocycles. The van der Waals surface area contributed by atoms with Gasteiger partial charge >= 0.3 is 0 Å². The van der Waals surface area contributed by atoms with E-state index in [1.54, 1.807) is 24.5 Å². The SMILES string of the molecule is CCNC(=NCc1ccc([N+](=O)[O-])cc1)N1CCN(c2ncccn2)CC1. The molecule has 1 aromatic heterocycles. The highest BCUT2D eigenvalue weighted by Crippen LogP contribution is 2.13. The van der Waals surface area contributed by atoms with Gasteiger partial charge in [-0.1, -0.05) is 12.1 Å². The van der Waals surface area contributed by atoms with E-state index in [-0.39, 0.29) is 5.69 Å². The van der Waals surface area contributed by atoms with E-state index < -0.39 is 4.92 Å². The molecule has 2 heterocycles. The highest BCUT2D eigenvalue weighted by Gasteiger charge is 2.21. The average molecular weight is 369 g/mol. The lowest BCUT2D eigenvalue weighted by Gasteiger charge is -2.36. The second-order valence-electron chi connectivity index (χ2n) is 6.12. The Morgan fingerprint density at radius 2 is 1.85 bits per heavy atom. The van der Waals surface area contributed by atoms with Crippen LogP contribution in [0.15, 0.2) is 47.7 Å². The number of anilines is 1. The van der Waals surface area contributed by atoms with Gasteiger partial charge in [0.2, 0.25) is 5.95 Å². The Balaban J connectivity index is 1.61. The number of hydrogen-bond acceptors (Lipinski definition) is 6. The summed E-state index contributed by atoms with van der Waals surface area (Å²) in [6.07, 6.45) is 3.51. The van der Waals surface area contributed by atoms with E-state index >= 15 is 0 Å². The quantitative estimate of drug-likeness (QED) is 0.370. The molecule has 27 heavy (non-hydrogen) atoms. The first-order valence-electron chi connectivity index (χ1n) is 8.96. The average Bonchev–Trinajstić information content (AvgIpc) is 2.72. The van der Waals surface area contributed by atoms with Gasteiger partial charge in [0.1, 0.15) is 0 Å². The normalized spacial score (nSPS) is 14.9. The Bertz CT molecular complexity index is 772. The molecule has 1 fully saturated rings. The van der Waals surface area contributed by atoms with Crippen molar-refractivity contribution in [3.8, 4) is 0 Å². The monoisotopic (exact) mass is 369 g/mol. The zero-order valence-corrected chi connectivity index (χ0v) is 15.3. The smallest absolute Gasteiger partial charge is 0.269 e. The number of aliphatic imine (C=N–C) groups is 1. The van der Waals surface area contributed by atoms with Crippen molar-refractivity contribution in [2.24, 2.45) is 4.99 Å². The molecule has 0 spiro atoms. The summed E-state index contributed by atoms with van der Waals surface area (Å²) < 4.78 is 0. The minimum atomic E-state index is -0.396. The van der Waals surface area contributed by atoms with Crippen LogP contribution in [0.4, 0.5) is 11.6 Å². The van der Waals surface area contributed by atoms with Crippen molar-refractivity contribution in [3.05, 3.63) is 58.4 Å². The maximum atomic E-state index is 10.7. The molecule has 2 aromatic rings. The molecule has 0 atom stereocenters. The third-order valence-electron chi connectivity index (χ3n) is 4.31. The molecule has 1 N–H and O–H groups in total. The topological polar surface area (TPSA) is 99.8 Å². The second kappa shape index (κ2) is 8.93. The van der Waals surface area contributed by atoms with E-state index in [1.165, 1.54) is 12.1 Å². The summed E-state index contributed by atoms with van der Waals surface area (Å²) >= 11 is 0. The van der Waals surface area contributed by atoms with Crippen molar-refractivity contribution in [1.29, 1.82) is 0 Å². The first kappa shape index (κ1) is 18.6. The van der Waals surface area contributed by atoms with Gasteiger partial charge in [0.25, 0.3) is 5.69 Å². The summed E-state index contributed by atoms with van der Waals surface area (Å²) in [6.45, 7) is 6.59. The van der Waals surface area contributed by atoms with Crippen molar-refractivity contribution >= 4 is 17.6 Å². The van der Waals surface area contributed by atoms with E-state index in [0.717, 1.165) is 50.2 Å². The number of rotatable bonds is 5. The van der Waals surface area contributed by atoms with Gasteiger partial charge in [0.15, 0.2) is 5.96 Å². The summed E-state index contributed by atoms with van der Waals surface area (Å²) in [5.41, 5.74) is 1.03. The fourth-order valence-corrected chi connectivity index (χ4v) is 2.89. The van der Waals surface area contributed by atoms with Crippen LogP contribution in [-0.2, 0) is 6.54 Å². The van der Waals surface area contributed by atoms with Gasteiger partial charge in [-0.25, -0.2) is 15.0 Å². The molecule has 1 saturated heterocycles. The maximum absolute atomic E-state index is 10.7. The van der Waals surface area contributed by atoms with Gasteiger partial charge in [0.05, 0.1) is 11.5 Å². The minimum Gasteiger partial charge on any atom is -0.357 e. The van der Waals surface area contributed by atoms with Crippen LogP contribution >= 0.6 is 0 Å². The number of nitrogens with zero attached hydrogens (tertiary/aromatic N) is 6. The number of benzene rings is 1. The molecule has 0 amide bonds. The van der Waals surface area contributed by atoms with E-state index in [4.69, 9.17) is 4.99 Å².